The van der Waals surface area contributed by atoms with E-state index in [4.69, 9.17) is 4.42 Å². The fraction of sp³-hybridized carbons (Fsp3) is 0.308. The molecular weight excluding hydrogens is 260 g/mol. The zero-order valence-electron chi connectivity index (χ0n) is 11.0. The zero-order valence-corrected chi connectivity index (χ0v) is 11.8. The first-order valence-corrected chi connectivity index (χ1v) is 6.80. The molecule has 0 amide bonds. The summed E-state index contributed by atoms with van der Waals surface area (Å²) < 4.78 is 7.06. The number of nitrogens with zero attached hydrogens (tertiary/aromatic N) is 4. The standard InChI is InChI=1S/C13H14N4OS/c1-13(2,3)11-14-15-12-17(11)16-10(19-12)7-6-9-5-4-8-18-9/h4-8H,1-3H3. The maximum atomic E-state index is 5.24. The van der Waals surface area contributed by atoms with Gasteiger partial charge in [-0.1, -0.05) is 32.1 Å². The van der Waals surface area contributed by atoms with Crippen molar-refractivity contribution in [1.82, 2.24) is 19.8 Å². The zero-order chi connectivity index (χ0) is 13.5. The molecule has 5 nitrogen and oxygen atoms in total. The van der Waals surface area contributed by atoms with Gasteiger partial charge < -0.3 is 4.42 Å². The van der Waals surface area contributed by atoms with Gasteiger partial charge in [-0.15, -0.1) is 10.2 Å². The molecular formula is C13H14N4OS. The van der Waals surface area contributed by atoms with E-state index < -0.39 is 0 Å². The van der Waals surface area contributed by atoms with Crippen LogP contribution in [0.5, 0.6) is 0 Å². The average molecular weight is 274 g/mol. The predicted molar refractivity (Wildman–Crippen MR) is 75.0 cm³/mol. The highest BCUT2D eigenvalue weighted by atomic mass is 32.1. The van der Waals surface area contributed by atoms with Gasteiger partial charge in [0.15, 0.2) is 5.82 Å². The first-order valence-electron chi connectivity index (χ1n) is 5.98. The van der Waals surface area contributed by atoms with Gasteiger partial charge in [-0.05, 0) is 24.3 Å². The molecule has 0 bridgehead atoms. The summed E-state index contributed by atoms with van der Waals surface area (Å²) in [4.78, 5) is 0.809. The van der Waals surface area contributed by atoms with Crippen LogP contribution in [0.1, 0.15) is 37.4 Å². The molecule has 3 rings (SSSR count). The van der Waals surface area contributed by atoms with Crippen molar-refractivity contribution < 1.29 is 4.42 Å². The molecule has 3 heterocycles. The van der Waals surface area contributed by atoms with Crippen molar-refractivity contribution in [3.8, 4) is 0 Å². The van der Waals surface area contributed by atoms with Gasteiger partial charge in [0, 0.05) is 5.41 Å². The molecule has 0 saturated heterocycles. The lowest BCUT2D eigenvalue weighted by Crippen LogP contribution is -2.16. The molecule has 0 saturated carbocycles. The molecule has 0 N–H and O–H groups in total. The Labute approximate surface area is 114 Å². The Morgan fingerprint density at radius 2 is 2.11 bits per heavy atom. The number of aromatic nitrogens is 4. The predicted octanol–water partition coefficient (Wildman–Crippen LogP) is 3.25. The van der Waals surface area contributed by atoms with Crippen LogP contribution >= 0.6 is 11.3 Å². The van der Waals surface area contributed by atoms with Crippen LogP contribution < -0.4 is 0 Å². The second-order valence-corrected chi connectivity index (χ2v) is 6.24. The Hall–Kier alpha value is -1.95. The number of furan rings is 1. The highest BCUT2D eigenvalue weighted by molar-refractivity contribution is 7.17. The van der Waals surface area contributed by atoms with Gasteiger partial charge in [0.05, 0.1) is 6.26 Å². The molecule has 0 spiro atoms. The lowest BCUT2D eigenvalue weighted by Gasteiger charge is -2.13. The van der Waals surface area contributed by atoms with E-state index in [9.17, 15) is 0 Å². The molecule has 0 fully saturated rings. The Kier molecular flexibility index (Phi) is 2.74. The average Bonchev–Trinajstić information content (AvgIpc) is 3.00. The quantitative estimate of drug-likeness (QED) is 0.719. The van der Waals surface area contributed by atoms with Crippen molar-refractivity contribution in [1.29, 1.82) is 0 Å². The van der Waals surface area contributed by atoms with Crippen LogP contribution in [0.4, 0.5) is 0 Å². The molecule has 0 aromatic carbocycles. The first kappa shape index (κ1) is 12.1. The molecule has 0 atom stereocenters. The summed E-state index contributed by atoms with van der Waals surface area (Å²) in [5, 5.41) is 13.8. The Morgan fingerprint density at radius 3 is 2.79 bits per heavy atom. The fourth-order valence-corrected chi connectivity index (χ4v) is 2.45. The highest BCUT2D eigenvalue weighted by Crippen LogP contribution is 2.24. The van der Waals surface area contributed by atoms with Gasteiger partial charge >= 0.3 is 0 Å². The first-order chi connectivity index (χ1) is 9.04. The molecule has 0 unspecified atom stereocenters. The van der Waals surface area contributed by atoms with Gasteiger partial charge in [-0.3, -0.25) is 0 Å². The third-order valence-corrected chi connectivity index (χ3v) is 3.47. The molecule has 19 heavy (non-hydrogen) atoms. The van der Waals surface area contributed by atoms with Crippen LogP contribution in [0.3, 0.4) is 0 Å². The van der Waals surface area contributed by atoms with E-state index in [2.05, 4.69) is 36.1 Å². The van der Waals surface area contributed by atoms with E-state index in [0.717, 1.165) is 21.6 Å². The minimum Gasteiger partial charge on any atom is -0.465 e. The molecule has 0 aliphatic rings. The smallest absolute Gasteiger partial charge is 0.234 e. The number of rotatable bonds is 2. The van der Waals surface area contributed by atoms with Gasteiger partial charge in [0.25, 0.3) is 0 Å². The SMILES string of the molecule is CC(C)(C)c1nnc2sc(C=Cc3ccco3)nn12. The number of hydrogen-bond donors (Lipinski definition) is 0. The van der Waals surface area contributed by atoms with Crippen molar-refractivity contribution in [3.05, 3.63) is 35.0 Å². The van der Waals surface area contributed by atoms with Crippen LogP contribution in [0, 0.1) is 0 Å². The largest absolute Gasteiger partial charge is 0.465 e. The minimum absolute atomic E-state index is 0.0739. The molecule has 6 heteroatoms. The van der Waals surface area contributed by atoms with Crippen LogP contribution in [0.25, 0.3) is 17.1 Å². The fourth-order valence-electron chi connectivity index (χ4n) is 1.71. The maximum absolute atomic E-state index is 5.24. The van der Waals surface area contributed by atoms with Crippen LogP contribution in [0.15, 0.2) is 22.8 Å². The van der Waals surface area contributed by atoms with Gasteiger partial charge in [-0.2, -0.15) is 9.61 Å². The van der Waals surface area contributed by atoms with Crippen LogP contribution in [-0.4, -0.2) is 19.8 Å². The number of fused-ring (bicyclic) bond motifs is 1. The van der Waals surface area contributed by atoms with Gasteiger partial charge in [0.1, 0.15) is 10.8 Å². The third-order valence-electron chi connectivity index (χ3n) is 2.61. The Morgan fingerprint density at radius 1 is 1.26 bits per heavy atom. The second-order valence-electron chi connectivity index (χ2n) is 5.26. The van der Waals surface area contributed by atoms with Crippen molar-refractivity contribution >= 4 is 28.4 Å². The topological polar surface area (TPSA) is 56.2 Å². The summed E-state index contributed by atoms with van der Waals surface area (Å²) in [7, 11) is 0. The third kappa shape index (κ3) is 2.31. The van der Waals surface area contributed by atoms with Gasteiger partial charge in [0.2, 0.25) is 4.96 Å². The molecule has 0 aliphatic carbocycles. The van der Waals surface area contributed by atoms with E-state index in [-0.39, 0.29) is 5.41 Å². The van der Waals surface area contributed by atoms with E-state index in [0.29, 0.717) is 0 Å². The molecule has 0 radical (unpaired) electrons. The van der Waals surface area contributed by atoms with Crippen molar-refractivity contribution in [2.45, 2.75) is 26.2 Å². The summed E-state index contributed by atoms with van der Waals surface area (Å²) in [6, 6.07) is 3.76. The van der Waals surface area contributed by atoms with Crippen molar-refractivity contribution in [3.63, 3.8) is 0 Å². The lowest BCUT2D eigenvalue weighted by molar-refractivity contribution is 0.527. The Balaban J connectivity index is 1.96. The lowest BCUT2D eigenvalue weighted by atomic mass is 9.96. The highest BCUT2D eigenvalue weighted by Gasteiger charge is 2.22. The summed E-state index contributed by atoms with van der Waals surface area (Å²) in [6.07, 6.45) is 5.46. The molecule has 3 aromatic rings. The number of hydrogen-bond acceptors (Lipinski definition) is 5. The summed E-state index contributed by atoms with van der Waals surface area (Å²) in [5.74, 6) is 1.68. The summed E-state index contributed by atoms with van der Waals surface area (Å²) >= 11 is 1.51. The van der Waals surface area contributed by atoms with E-state index >= 15 is 0 Å². The van der Waals surface area contributed by atoms with Crippen molar-refractivity contribution in [2.24, 2.45) is 0 Å². The van der Waals surface area contributed by atoms with Gasteiger partial charge in [-0.25, -0.2) is 0 Å². The normalized spacial score (nSPS) is 12.8. The summed E-state index contributed by atoms with van der Waals surface area (Å²) in [6.45, 7) is 6.30. The minimum atomic E-state index is -0.0739. The second kappa shape index (κ2) is 4.31. The van der Waals surface area contributed by atoms with Crippen LogP contribution in [0.2, 0.25) is 0 Å². The van der Waals surface area contributed by atoms with E-state index in [1.165, 1.54) is 11.3 Å². The van der Waals surface area contributed by atoms with Crippen molar-refractivity contribution in [2.75, 3.05) is 0 Å². The Bertz CT molecular complexity index is 716. The monoisotopic (exact) mass is 274 g/mol. The van der Waals surface area contributed by atoms with E-state index in [1.54, 1.807) is 6.26 Å². The molecule has 98 valence electrons. The molecule has 3 aromatic heterocycles. The maximum Gasteiger partial charge on any atom is 0.234 e. The molecule has 0 aliphatic heterocycles. The van der Waals surface area contributed by atoms with E-state index in [1.807, 2.05) is 28.8 Å². The van der Waals surface area contributed by atoms with Crippen LogP contribution in [-0.2, 0) is 5.41 Å². The summed E-state index contributed by atoms with van der Waals surface area (Å²) in [5.41, 5.74) is -0.0739.